The van der Waals surface area contributed by atoms with Gasteiger partial charge in [-0.05, 0) is 31.5 Å². The Morgan fingerprint density at radius 3 is 2.60 bits per heavy atom. The maximum Gasteiger partial charge on any atom is 0.238 e. The average Bonchev–Trinajstić information content (AvgIpc) is 2.56. The zero-order valence-corrected chi connectivity index (χ0v) is 16.1. The van der Waals surface area contributed by atoms with Gasteiger partial charge in [0.15, 0.2) is 0 Å². The number of likely N-dealkylation sites (tertiary alicyclic amines) is 1. The highest BCUT2D eigenvalue weighted by atomic mass is 35.5. The molecule has 0 aromatic heterocycles. The van der Waals surface area contributed by atoms with E-state index in [1.807, 2.05) is 4.90 Å². The molecule has 1 aromatic rings. The van der Waals surface area contributed by atoms with Crippen molar-refractivity contribution in [2.75, 3.05) is 38.0 Å². The second-order valence-corrected chi connectivity index (χ2v) is 6.61. The van der Waals surface area contributed by atoms with Crippen LogP contribution in [0.25, 0.3) is 0 Å². The van der Waals surface area contributed by atoms with Gasteiger partial charge in [0.1, 0.15) is 0 Å². The van der Waals surface area contributed by atoms with E-state index in [4.69, 9.17) is 28.9 Å². The molecule has 1 heterocycles. The molecule has 25 heavy (non-hydrogen) atoms. The van der Waals surface area contributed by atoms with E-state index in [1.54, 1.807) is 18.2 Å². The lowest BCUT2D eigenvalue weighted by Gasteiger charge is -2.31. The summed E-state index contributed by atoms with van der Waals surface area (Å²) in [6.45, 7) is 2.43. The second kappa shape index (κ2) is 10.8. The lowest BCUT2D eigenvalue weighted by Crippen LogP contribution is -2.46. The summed E-state index contributed by atoms with van der Waals surface area (Å²) in [4.78, 5) is 26.3. The first-order chi connectivity index (χ1) is 11.5. The van der Waals surface area contributed by atoms with Crippen LogP contribution in [0.1, 0.15) is 12.8 Å². The first-order valence-electron chi connectivity index (χ1n) is 7.95. The minimum absolute atomic E-state index is 0. The molecule has 0 radical (unpaired) electrons. The molecule has 2 rings (SSSR count). The molecule has 1 saturated heterocycles. The number of hydrogen-bond donors (Lipinski definition) is 3. The Bertz CT molecular complexity index is 580. The third-order valence-electron chi connectivity index (χ3n) is 3.91. The van der Waals surface area contributed by atoms with Gasteiger partial charge in [0.25, 0.3) is 0 Å². The fraction of sp³-hybridized carbons (Fsp3) is 0.500. The van der Waals surface area contributed by atoms with Gasteiger partial charge in [-0.2, -0.15) is 0 Å². The van der Waals surface area contributed by atoms with E-state index in [2.05, 4.69) is 10.6 Å². The van der Waals surface area contributed by atoms with Crippen molar-refractivity contribution < 1.29 is 9.59 Å². The van der Waals surface area contributed by atoms with Crippen molar-refractivity contribution in [1.29, 1.82) is 0 Å². The van der Waals surface area contributed by atoms with E-state index in [0.29, 0.717) is 35.4 Å². The van der Waals surface area contributed by atoms with Gasteiger partial charge in [-0.1, -0.05) is 29.3 Å². The lowest BCUT2D eigenvalue weighted by molar-refractivity contribution is -0.127. The van der Waals surface area contributed by atoms with Crippen molar-refractivity contribution in [3.05, 3.63) is 28.2 Å². The number of amides is 2. The molecule has 140 valence electrons. The van der Waals surface area contributed by atoms with E-state index in [0.717, 1.165) is 19.4 Å². The molecule has 4 N–H and O–H groups in total. The molecule has 6 nitrogen and oxygen atoms in total. The molecule has 0 spiro atoms. The SMILES string of the molecule is Cl.NCCNC(=O)C1CCCN(CC(=O)Nc2c(Cl)cccc2Cl)C1. The minimum Gasteiger partial charge on any atom is -0.355 e. The van der Waals surface area contributed by atoms with E-state index in [9.17, 15) is 9.59 Å². The summed E-state index contributed by atoms with van der Waals surface area (Å²) >= 11 is 12.1. The van der Waals surface area contributed by atoms with Crippen LogP contribution in [0.15, 0.2) is 18.2 Å². The van der Waals surface area contributed by atoms with Gasteiger partial charge >= 0.3 is 0 Å². The summed E-state index contributed by atoms with van der Waals surface area (Å²) in [7, 11) is 0. The number of carbonyl (C=O) groups is 2. The summed E-state index contributed by atoms with van der Waals surface area (Å²) in [5, 5.41) is 6.34. The van der Waals surface area contributed by atoms with Crippen molar-refractivity contribution in [1.82, 2.24) is 10.2 Å². The van der Waals surface area contributed by atoms with Crippen LogP contribution in [0.3, 0.4) is 0 Å². The summed E-state index contributed by atoms with van der Waals surface area (Å²) in [5.74, 6) is -0.310. The van der Waals surface area contributed by atoms with Crippen molar-refractivity contribution >= 4 is 53.1 Å². The number of nitrogens with two attached hydrogens (primary N) is 1. The van der Waals surface area contributed by atoms with Crippen LogP contribution < -0.4 is 16.4 Å². The molecule has 1 atom stereocenters. The van der Waals surface area contributed by atoms with E-state index < -0.39 is 0 Å². The summed E-state index contributed by atoms with van der Waals surface area (Å²) in [6, 6.07) is 5.05. The summed E-state index contributed by atoms with van der Waals surface area (Å²) in [5.41, 5.74) is 5.81. The van der Waals surface area contributed by atoms with Gasteiger partial charge in [0.05, 0.1) is 28.2 Å². The zero-order chi connectivity index (χ0) is 17.5. The summed E-state index contributed by atoms with van der Waals surface area (Å²) < 4.78 is 0. The fourth-order valence-corrected chi connectivity index (χ4v) is 3.24. The van der Waals surface area contributed by atoms with Gasteiger partial charge < -0.3 is 16.4 Å². The van der Waals surface area contributed by atoms with Crippen molar-refractivity contribution in [2.45, 2.75) is 12.8 Å². The third kappa shape index (κ3) is 6.64. The number of nitrogens with one attached hydrogen (secondary N) is 2. The van der Waals surface area contributed by atoms with Gasteiger partial charge in [-0.3, -0.25) is 14.5 Å². The Balaban J connectivity index is 0.00000312. The first kappa shape index (κ1) is 22.0. The molecule has 2 amide bonds. The van der Waals surface area contributed by atoms with Crippen LogP contribution in [-0.2, 0) is 9.59 Å². The van der Waals surface area contributed by atoms with Crippen LogP contribution in [-0.4, -0.2) is 49.4 Å². The van der Waals surface area contributed by atoms with Gasteiger partial charge in [-0.15, -0.1) is 12.4 Å². The minimum atomic E-state index is -0.201. The lowest BCUT2D eigenvalue weighted by atomic mass is 9.97. The van der Waals surface area contributed by atoms with Crippen molar-refractivity contribution in [3.8, 4) is 0 Å². The number of rotatable bonds is 6. The number of piperidine rings is 1. The normalized spacial score (nSPS) is 17.5. The molecule has 9 heteroatoms. The second-order valence-electron chi connectivity index (χ2n) is 5.80. The number of para-hydroxylation sites is 1. The highest BCUT2D eigenvalue weighted by Crippen LogP contribution is 2.29. The Morgan fingerprint density at radius 1 is 1.28 bits per heavy atom. The quantitative estimate of drug-likeness (QED) is 0.672. The molecule has 1 aliphatic heterocycles. The third-order valence-corrected chi connectivity index (χ3v) is 4.54. The Hall–Kier alpha value is -1.05. The molecule has 1 aliphatic rings. The molecule has 0 saturated carbocycles. The summed E-state index contributed by atoms with van der Waals surface area (Å²) in [6.07, 6.45) is 1.70. The van der Waals surface area contributed by atoms with Crippen LogP contribution in [0, 0.1) is 5.92 Å². The molecule has 0 aliphatic carbocycles. The Morgan fingerprint density at radius 2 is 1.96 bits per heavy atom. The van der Waals surface area contributed by atoms with E-state index in [-0.39, 0.29) is 36.7 Å². The van der Waals surface area contributed by atoms with E-state index in [1.165, 1.54) is 0 Å². The topological polar surface area (TPSA) is 87.5 Å². The monoisotopic (exact) mass is 408 g/mol. The largest absolute Gasteiger partial charge is 0.355 e. The standard InChI is InChI=1S/C16H22Cl2N4O2.ClH/c17-12-4-1-5-13(18)15(12)21-14(23)10-22-8-2-3-11(9-22)16(24)20-7-6-19;/h1,4-5,11H,2-3,6-10,19H2,(H,20,24)(H,21,23);1H. The average molecular weight is 410 g/mol. The van der Waals surface area contributed by atoms with Gasteiger partial charge in [0.2, 0.25) is 11.8 Å². The number of benzene rings is 1. The van der Waals surface area contributed by atoms with Gasteiger partial charge in [0, 0.05) is 19.6 Å². The highest BCUT2D eigenvalue weighted by molar-refractivity contribution is 6.39. The first-order valence-corrected chi connectivity index (χ1v) is 8.71. The maximum absolute atomic E-state index is 12.2. The highest BCUT2D eigenvalue weighted by Gasteiger charge is 2.26. The number of hydrogen-bond acceptors (Lipinski definition) is 4. The van der Waals surface area contributed by atoms with Crippen LogP contribution in [0.4, 0.5) is 5.69 Å². The van der Waals surface area contributed by atoms with E-state index >= 15 is 0 Å². The van der Waals surface area contributed by atoms with Crippen LogP contribution >= 0.6 is 35.6 Å². The predicted molar refractivity (Wildman–Crippen MR) is 104 cm³/mol. The molecule has 0 bridgehead atoms. The smallest absolute Gasteiger partial charge is 0.238 e. The molecule has 1 aromatic carbocycles. The maximum atomic E-state index is 12.2. The predicted octanol–water partition coefficient (Wildman–Crippen LogP) is 2.14. The number of halogens is 3. The molecule has 1 fully saturated rings. The van der Waals surface area contributed by atoms with Crippen molar-refractivity contribution in [3.63, 3.8) is 0 Å². The molecular weight excluding hydrogens is 387 g/mol. The fourth-order valence-electron chi connectivity index (χ4n) is 2.75. The van der Waals surface area contributed by atoms with Crippen LogP contribution in [0.5, 0.6) is 0 Å². The number of carbonyl (C=O) groups excluding carboxylic acids is 2. The zero-order valence-electron chi connectivity index (χ0n) is 13.8. The van der Waals surface area contributed by atoms with Gasteiger partial charge in [-0.25, -0.2) is 0 Å². The Labute approximate surface area is 163 Å². The van der Waals surface area contributed by atoms with Crippen molar-refractivity contribution in [2.24, 2.45) is 11.7 Å². The molecule has 1 unspecified atom stereocenters. The van der Waals surface area contributed by atoms with Crippen LogP contribution in [0.2, 0.25) is 10.0 Å². The number of anilines is 1. The number of nitrogens with zero attached hydrogens (tertiary/aromatic N) is 1. The Kier molecular flexibility index (Phi) is 9.53. The molecular formula is C16H23Cl3N4O2.